The van der Waals surface area contributed by atoms with Crippen LogP contribution < -0.4 is 15.5 Å². The fourth-order valence-electron chi connectivity index (χ4n) is 5.53. The van der Waals surface area contributed by atoms with E-state index in [1.165, 1.54) is 0 Å². The van der Waals surface area contributed by atoms with Crippen LogP contribution in [-0.4, -0.2) is 60.1 Å². The highest BCUT2D eigenvalue weighted by Crippen LogP contribution is 2.33. The van der Waals surface area contributed by atoms with Gasteiger partial charge in [-0.25, -0.2) is 4.79 Å². The molecule has 0 bridgehead atoms. The summed E-state index contributed by atoms with van der Waals surface area (Å²) in [7, 11) is 0. The van der Waals surface area contributed by atoms with Gasteiger partial charge in [0.05, 0.1) is 29.0 Å². The lowest BCUT2D eigenvalue weighted by Gasteiger charge is -2.28. The Labute approximate surface area is 254 Å². The molecule has 2 aromatic carbocycles. The van der Waals surface area contributed by atoms with Gasteiger partial charge in [-0.3, -0.25) is 9.59 Å². The summed E-state index contributed by atoms with van der Waals surface area (Å²) in [6, 6.07) is 18.7. The van der Waals surface area contributed by atoms with Crippen LogP contribution in [0.25, 0.3) is 10.2 Å². The lowest BCUT2D eigenvalue weighted by atomic mass is 9.94. The summed E-state index contributed by atoms with van der Waals surface area (Å²) in [5, 5.41) is 10.9. The fraction of sp³-hybridized carbons (Fsp3) is 0.375. The number of nitrogens with zero attached hydrogens (tertiary/aromatic N) is 3. The number of ether oxygens (including phenoxy) is 2. The van der Waals surface area contributed by atoms with Gasteiger partial charge in [-0.15, -0.1) is 16.4 Å². The number of morpholine rings is 1. The first-order valence-electron chi connectivity index (χ1n) is 14.6. The van der Waals surface area contributed by atoms with Gasteiger partial charge in [-0.05, 0) is 75.4 Å². The molecule has 3 heterocycles. The molecule has 0 atom stereocenters. The van der Waals surface area contributed by atoms with E-state index in [1.807, 2.05) is 56.3 Å². The predicted octanol–water partition coefficient (Wildman–Crippen LogP) is 5.78. The van der Waals surface area contributed by atoms with E-state index < -0.39 is 11.6 Å². The van der Waals surface area contributed by atoms with Crippen LogP contribution in [0.4, 0.5) is 16.3 Å². The van der Waals surface area contributed by atoms with E-state index in [0.29, 0.717) is 33.9 Å². The van der Waals surface area contributed by atoms with Crippen molar-refractivity contribution in [3.8, 4) is 0 Å². The highest BCUT2D eigenvalue weighted by Gasteiger charge is 2.29. The van der Waals surface area contributed by atoms with Gasteiger partial charge in [0.15, 0.2) is 5.82 Å². The van der Waals surface area contributed by atoms with Gasteiger partial charge < -0.3 is 25.0 Å². The molecule has 10 nitrogen and oxygen atoms in total. The van der Waals surface area contributed by atoms with Crippen molar-refractivity contribution in [3.63, 3.8) is 0 Å². The van der Waals surface area contributed by atoms with Crippen molar-refractivity contribution in [1.29, 1.82) is 0 Å². The molecule has 2 aliphatic rings. The van der Waals surface area contributed by atoms with E-state index in [9.17, 15) is 14.4 Å². The van der Waals surface area contributed by atoms with E-state index in [-0.39, 0.29) is 23.7 Å². The number of nitrogens with one attached hydrogen (secondary N) is 2. The average Bonchev–Trinajstić information content (AvgIpc) is 3.77. The molecule has 6 rings (SSSR count). The van der Waals surface area contributed by atoms with Gasteiger partial charge in [-0.1, -0.05) is 30.3 Å². The summed E-state index contributed by atoms with van der Waals surface area (Å²) >= 11 is 1.14. The van der Waals surface area contributed by atoms with Crippen molar-refractivity contribution >= 4 is 51.0 Å². The minimum absolute atomic E-state index is 0.163. The van der Waals surface area contributed by atoms with Gasteiger partial charge in [0.25, 0.3) is 11.8 Å². The third kappa shape index (κ3) is 6.28. The zero-order valence-corrected chi connectivity index (χ0v) is 25.1. The van der Waals surface area contributed by atoms with Gasteiger partial charge in [-0.2, -0.15) is 4.68 Å². The number of hydrogen-bond donors (Lipinski definition) is 2. The molecular formula is C32H35N5O5S. The molecule has 4 aromatic rings. The first-order chi connectivity index (χ1) is 20.8. The Hall–Kier alpha value is -4.22. The molecule has 0 unspecified atom stereocenters. The van der Waals surface area contributed by atoms with Crippen LogP contribution in [0.15, 0.2) is 60.7 Å². The minimum Gasteiger partial charge on any atom is -0.445 e. The Morgan fingerprint density at radius 3 is 2.37 bits per heavy atom. The Bertz CT molecular complexity index is 1620. The number of carbonyl (C=O) groups excluding carboxylic acids is 3. The molecular weight excluding hydrogens is 566 g/mol. The summed E-state index contributed by atoms with van der Waals surface area (Å²) in [4.78, 5) is 43.0. The van der Waals surface area contributed by atoms with Crippen LogP contribution in [0.3, 0.4) is 0 Å². The molecule has 43 heavy (non-hydrogen) atoms. The standard InChI is InChI=1S/C32H35N5O5S/c1-32(2,22-8-4-3-5-9-22)34-29(39)26-20-25-27(35-37(30(25)43-26)31(40)42-24-10-6-7-11-24)33-28(38)21-12-14-23(15-13-21)36-16-18-41-19-17-36/h3-5,8-9,12-15,20,24H,6-7,10-11,16-19H2,1-2H3,(H,34,39)(H,33,35,38). The van der Waals surface area contributed by atoms with E-state index >= 15 is 0 Å². The zero-order valence-electron chi connectivity index (χ0n) is 24.3. The summed E-state index contributed by atoms with van der Waals surface area (Å²) in [5.41, 5.74) is 1.80. The second-order valence-corrected chi connectivity index (χ2v) is 12.5. The van der Waals surface area contributed by atoms with Crippen LogP contribution in [-0.2, 0) is 15.0 Å². The Balaban J connectivity index is 1.26. The van der Waals surface area contributed by atoms with E-state index in [2.05, 4.69) is 20.6 Å². The molecule has 224 valence electrons. The van der Waals surface area contributed by atoms with Crippen LogP contribution >= 0.6 is 11.3 Å². The maximum atomic E-state index is 13.4. The largest absolute Gasteiger partial charge is 0.445 e. The van der Waals surface area contributed by atoms with E-state index in [0.717, 1.165) is 66.0 Å². The first kappa shape index (κ1) is 28.9. The second kappa shape index (κ2) is 12.2. The van der Waals surface area contributed by atoms with E-state index in [1.54, 1.807) is 18.2 Å². The number of rotatable bonds is 7. The molecule has 1 aliphatic heterocycles. The van der Waals surface area contributed by atoms with Crippen LogP contribution in [0, 0.1) is 0 Å². The molecule has 1 saturated carbocycles. The number of fused-ring (bicyclic) bond motifs is 1. The predicted molar refractivity (Wildman–Crippen MR) is 166 cm³/mol. The van der Waals surface area contributed by atoms with Gasteiger partial charge in [0.2, 0.25) is 0 Å². The van der Waals surface area contributed by atoms with Gasteiger partial charge >= 0.3 is 6.09 Å². The number of benzene rings is 2. The quantitative estimate of drug-likeness (QED) is 0.276. The maximum absolute atomic E-state index is 13.4. The number of thiophene rings is 1. The smallest absolute Gasteiger partial charge is 0.436 e. The fourth-order valence-corrected chi connectivity index (χ4v) is 6.53. The molecule has 0 radical (unpaired) electrons. The van der Waals surface area contributed by atoms with Crippen LogP contribution in [0.2, 0.25) is 0 Å². The van der Waals surface area contributed by atoms with Gasteiger partial charge in [0.1, 0.15) is 10.9 Å². The van der Waals surface area contributed by atoms with Crippen molar-refractivity contribution in [1.82, 2.24) is 15.1 Å². The number of aromatic nitrogens is 2. The van der Waals surface area contributed by atoms with Gasteiger partial charge in [0, 0.05) is 24.3 Å². The molecule has 1 aliphatic carbocycles. The molecule has 0 spiro atoms. The lowest BCUT2D eigenvalue weighted by Crippen LogP contribution is -2.40. The Morgan fingerprint density at radius 2 is 1.67 bits per heavy atom. The summed E-state index contributed by atoms with van der Waals surface area (Å²) in [6.45, 7) is 6.82. The maximum Gasteiger partial charge on any atom is 0.436 e. The zero-order chi connectivity index (χ0) is 30.0. The molecule has 1 saturated heterocycles. The van der Waals surface area contributed by atoms with Crippen LogP contribution in [0.1, 0.15) is 65.1 Å². The third-order valence-corrected chi connectivity index (χ3v) is 9.09. The highest BCUT2D eigenvalue weighted by molar-refractivity contribution is 7.20. The SMILES string of the molecule is CC(C)(NC(=O)c1cc2c(NC(=O)c3ccc(N4CCOCC4)cc3)nn(C(=O)OC3CCCC3)c2s1)c1ccccc1. The molecule has 2 fully saturated rings. The number of hydrogen-bond acceptors (Lipinski definition) is 8. The first-order valence-corrected chi connectivity index (χ1v) is 15.5. The van der Waals surface area contributed by atoms with Crippen molar-refractivity contribution < 1.29 is 23.9 Å². The second-order valence-electron chi connectivity index (χ2n) is 11.4. The normalized spacial score (nSPS) is 15.9. The van der Waals surface area contributed by atoms with Crippen molar-refractivity contribution in [2.45, 2.75) is 51.2 Å². The number of carbonyl (C=O) groups is 3. The number of amides is 2. The minimum atomic E-state index is -0.633. The lowest BCUT2D eigenvalue weighted by molar-refractivity contribution is 0.0915. The van der Waals surface area contributed by atoms with Crippen molar-refractivity contribution in [3.05, 3.63) is 76.7 Å². The third-order valence-electron chi connectivity index (χ3n) is 7.99. The molecule has 2 amide bonds. The average molecular weight is 602 g/mol. The Kier molecular flexibility index (Phi) is 8.18. The van der Waals surface area contributed by atoms with Crippen LogP contribution in [0.5, 0.6) is 0 Å². The van der Waals surface area contributed by atoms with E-state index in [4.69, 9.17) is 9.47 Å². The van der Waals surface area contributed by atoms with Crippen molar-refractivity contribution in [2.24, 2.45) is 0 Å². The monoisotopic (exact) mass is 601 g/mol. The number of anilines is 2. The topological polar surface area (TPSA) is 115 Å². The summed E-state index contributed by atoms with van der Waals surface area (Å²) < 4.78 is 12.3. The molecule has 2 N–H and O–H groups in total. The Morgan fingerprint density at radius 1 is 0.977 bits per heavy atom. The summed E-state index contributed by atoms with van der Waals surface area (Å²) in [5.74, 6) is -0.466. The highest BCUT2D eigenvalue weighted by atomic mass is 32.1. The van der Waals surface area contributed by atoms with Crippen molar-refractivity contribution in [2.75, 3.05) is 36.5 Å². The molecule has 2 aromatic heterocycles. The molecule has 11 heteroatoms. The summed E-state index contributed by atoms with van der Waals surface area (Å²) in [6.07, 6.45) is 2.87.